The number of carbonyl (C=O) groups excluding carboxylic acids is 2. The summed E-state index contributed by atoms with van der Waals surface area (Å²) in [7, 11) is -4.22. The molecular formula is C29H34FN3O4S. The van der Waals surface area contributed by atoms with Crippen LogP contribution in [0.15, 0.2) is 83.8 Å². The molecule has 0 saturated heterocycles. The summed E-state index contributed by atoms with van der Waals surface area (Å²) in [5.74, 6) is -1.37. The Morgan fingerprint density at radius 3 is 2.13 bits per heavy atom. The van der Waals surface area contributed by atoms with Crippen molar-refractivity contribution >= 4 is 27.5 Å². The van der Waals surface area contributed by atoms with Gasteiger partial charge in [0, 0.05) is 13.1 Å². The van der Waals surface area contributed by atoms with Gasteiger partial charge in [0.2, 0.25) is 11.8 Å². The third-order valence-corrected chi connectivity index (χ3v) is 8.01. The molecule has 1 atom stereocenters. The number of hydrogen-bond acceptors (Lipinski definition) is 4. The maximum atomic E-state index is 13.8. The zero-order valence-corrected chi connectivity index (χ0v) is 22.7. The second kappa shape index (κ2) is 13.2. The normalized spacial score (nSPS) is 12.0. The number of nitrogens with zero attached hydrogens (tertiary/aromatic N) is 2. The zero-order chi connectivity index (χ0) is 27.7. The Morgan fingerprint density at radius 1 is 0.921 bits per heavy atom. The van der Waals surface area contributed by atoms with Crippen LogP contribution in [0.4, 0.5) is 10.1 Å². The highest BCUT2D eigenvalue weighted by molar-refractivity contribution is 7.92. The maximum absolute atomic E-state index is 13.8. The first-order valence-corrected chi connectivity index (χ1v) is 14.1. The molecular weight excluding hydrogens is 505 g/mol. The fourth-order valence-corrected chi connectivity index (χ4v) is 5.58. The van der Waals surface area contributed by atoms with Crippen LogP contribution in [-0.2, 0) is 26.0 Å². The first-order valence-electron chi connectivity index (χ1n) is 12.6. The minimum absolute atomic E-state index is 0.140. The number of anilines is 1. The van der Waals surface area contributed by atoms with E-state index in [1.165, 1.54) is 17.0 Å². The van der Waals surface area contributed by atoms with Crippen LogP contribution < -0.4 is 9.62 Å². The van der Waals surface area contributed by atoms with E-state index in [2.05, 4.69) is 5.32 Å². The van der Waals surface area contributed by atoms with Crippen LogP contribution in [-0.4, -0.2) is 50.8 Å². The molecule has 0 saturated carbocycles. The van der Waals surface area contributed by atoms with Crippen molar-refractivity contribution in [2.24, 2.45) is 0 Å². The minimum Gasteiger partial charge on any atom is -0.355 e. The van der Waals surface area contributed by atoms with Crippen LogP contribution in [0.1, 0.15) is 31.4 Å². The average molecular weight is 540 g/mol. The lowest BCUT2D eigenvalue weighted by Crippen LogP contribution is -2.53. The monoisotopic (exact) mass is 539 g/mol. The summed E-state index contributed by atoms with van der Waals surface area (Å²) in [6.07, 6.45) is 0.860. The molecule has 0 bridgehead atoms. The molecule has 0 aliphatic heterocycles. The third kappa shape index (κ3) is 7.19. The Kier molecular flexibility index (Phi) is 10.0. The Hall–Kier alpha value is -3.72. The van der Waals surface area contributed by atoms with E-state index in [1.807, 2.05) is 44.2 Å². The molecule has 0 heterocycles. The number of rotatable bonds is 12. The van der Waals surface area contributed by atoms with E-state index in [9.17, 15) is 22.4 Å². The molecule has 1 N–H and O–H groups in total. The van der Waals surface area contributed by atoms with Gasteiger partial charge in [0.05, 0.1) is 10.6 Å². The van der Waals surface area contributed by atoms with Gasteiger partial charge in [-0.15, -0.1) is 0 Å². The first-order chi connectivity index (χ1) is 18.2. The summed E-state index contributed by atoms with van der Waals surface area (Å²) >= 11 is 0. The Labute approximate surface area is 224 Å². The van der Waals surface area contributed by atoms with Gasteiger partial charge in [-0.2, -0.15) is 0 Å². The predicted octanol–water partition coefficient (Wildman–Crippen LogP) is 4.32. The second-order valence-electron chi connectivity index (χ2n) is 8.94. The van der Waals surface area contributed by atoms with E-state index in [0.29, 0.717) is 25.1 Å². The molecule has 3 aromatic rings. The predicted molar refractivity (Wildman–Crippen MR) is 147 cm³/mol. The summed E-state index contributed by atoms with van der Waals surface area (Å²) in [6, 6.07) is 20.0. The summed E-state index contributed by atoms with van der Waals surface area (Å²) < 4.78 is 42.0. The summed E-state index contributed by atoms with van der Waals surface area (Å²) in [4.78, 5) is 28.1. The van der Waals surface area contributed by atoms with Gasteiger partial charge in [0.15, 0.2) is 0 Å². The fraction of sp³-hybridized carbons (Fsp3) is 0.310. The van der Waals surface area contributed by atoms with Crippen LogP contribution in [0.2, 0.25) is 0 Å². The van der Waals surface area contributed by atoms with Gasteiger partial charge in [-0.3, -0.25) is 13.9 Å². The molecule has 9 heteroatoms. The number of halogens is 1. The molecule has 0 aromatic heterocycles. The molecule has 3 aromatic carbocycles. The lowest BCUT2D eigenvalue weighted by molar-refractivity contribution is -0.139. The van der Waals surface area contributed by atoms with Gasteiger partial charge in [0.25, 0.3) is 10.0 Å². The van der Waals surface area contributed by atoms with Crippen molar-refractivity contribution in [2.45, 2.75) is 44.6 Å². The van der Waals surface area contributed by atoms with Gasteiger partial charge >= 0.3 is 0 Å². The highest BCUT2D eigenvalue weighted by atomic mass is 32.2. The fourth-order valence-electron chi connectivity index (χ4n) is 4.16. The number of amides is 2. The number of hydrogen-bond donors (Lipinski definition) is 1. The number of carbonyl (C=O) groups is 2. The molecule has 1 unspecified atom stereocenters. The number of nitrogens with one attached hydrogen (secondary N) is 1. The van der Waals surface area contributed by atoms with Gasteiger partial charge < -0.3 is 10.2 Å². The first kappa shape index (κ1) is 28.8. The van der Waals surface area contributed by atoms with Crippen LogP contribution in [0.5, 0.6) is 0 Å². The zero-order valence-electron chi connectivity index (χ0n) is 21.9. The van der Waals surface area contributed by atoms with E-state index in [-0.39, 0.29) is 17.3 Å². The molecule has 38 heavy (non-hydrogen) atoms. The quantitative estimate of drug-likeness (QED) is 0.372. The molecule has 0 fully saturated rings. The van der Waals surface area contributed by atoms with Crippen LogP contribution >= 0.6 is 0 Å². The van der Waals surface area contributed by atoms with Crippen LogP contribution in [0, 0.1) is 12.7 Å². The van der Waals surface area contributed by atoms with Gasteiger partial charge in [-0.1, -0.05) is 55.0 Å². The lowest BCUT2D eigenvalue weighted by atomic mass is 10.1. The second-order valence-corrected chi connectivity index (χ2v) is 10.8. The standard InChI is InChI=1S/C29H34FN3O4S/c1-4-27(29(35)31-5-2)32(20-19-23-9-7-6-8-10-23)28(34)21-33(25-15-11-22(3)12-16-25)38(36,37)26-17-13-24(30)14-18-26/h6-18,27H,4-5,19-21H2,1-3H3,(H,31,35). The molecule has 0 aliphatic carbocycles. The SMILES string of the molecule is CCNC(=O)C(CC)N(CCc1ccccc1)C(=O)CN(c1ccc(C)cc1)S(=O)(=O)c1ccc(F)cc1. The lowest BCUT2D eigenvalue weighted by Gasteiger charge is -2.33. The van der Waals surface area contributed by atoms with E-state index < -0.39 is 34.3 Å². The maximum Gasteiger partial charge on any atom is 0.264 e. The van der Waals surface area contributed by atoms with E-state index in [1.54, 1.807) is 31.2 Å². The van der Waals surface area contributed by atoms with E-state index >= 15 is 0 Å². The van der Waals surface area contributed by atoms with Crippen molar-refractivity contribution in [3.05, 3.63) is 95.8 Å². The van der Waals surface area contributed by atoms with E-state index in [0.717, 1.165) is 27.6 Å². The third-order valence-electron chi connectivity index (χ3n) is 6.22. The number of sulfonamides is 1. The topological polar surface area (TPSA) is 86.8 Å². The number of benzene rings is 3. The summed E-state index contributed by atoms with van der Waals surface area (Å²) in [5.41, 5.74) is 2.21. The Balaban J connectivity index is 1.99. The van der Waals surface area contributed by atoms with Crippen molar-refractivity contribution in [1.29, 1.82) is 0 Å². The van der Waals surface area contributed by atoms with Crippen molar-refractivity contribution in [3.63, 3.8) is 0 Å². The Morgan fingerprint density at radius 2 is 1.55 bits per heavy atom. The molecule has 202 valence electrons. The van der Waals surface area contributed by atoms with Crippen LogP contribution in [0.3, 0.4) is 0 Å². The smallest absolute Gasteiger partial charge is 0.264 e. The highest BCUT2D eigenvalue weighted by Gasteiger charge is 2.33. The summed E-state index contributed by atoms with van der Waals surface area (Å²) in [5, 5.41) is 2.78. The number of aryl methyl sites for hydroxylation is 1. The van der Waals surface area contributed by atoms with Crippen molar-refractivity contribution in [1.82, 2.24) is 10.2 Å². The molecule has 0 aliphatic rings. The molecule has 2 amide bonds. The van der Waals surface area contributed by atoms with Gasteiger partial charge in [0.1, 0.15) is 18.4 Å². The van der Waals surface area contributed by atoms with Gasteiger partial charge in [-0.25, -0.2) is 12.8 Å². The Bertz CT molecular complexity index is 1310. The minimum atomic E-state index is -4.22. The van der Waals surface area contributed by atoms with Crippen molar-refractivity contribution < 1.29 is 22.4 Å². The van der Waals surface area contributed by atoms with Gasteiger partial charge in [-0.05, 0) is 68.7 Å². The van der Waals surface area contributed by atoms with Crippen molar-refractivity contribution in [2.75, 3.05) is 23.9 Å². The van der Waals surface area contributed by atoms with Crippen molar-refractivity contribution in [3.8, 4) is 0 Å². The summed E-state index contributed by atoms with van der Waals surface area (Å²) in [6.45, 7) is 5.61. The highest BCUT2D eigenvalue weighted by Crippen LogP contribution is 2.25. The molecule has 3 rings (SSSR count). The number of likely N-dealkylation sites (N-methyl/N-ethyl adjacent to an activating group) is 1. The molecule has 0 radical (unpaired) electrons. The molecule has 7 nitrogen and oxygen atoms in total. The van der Waals surface area contributed by atoms with Crippen LogP contribution in [0.25, 0.3) is 0 Å². The largest absolute Gasteiger partial charge is 0.355 e. The molecule has 0 spiro atoms. The average Bonchev–Trinajstić information content (AvgIpc) is 2.91. The van der Waals surface area contributed by atoms with E-state index in [4.69, 9.17) is 0 Å².